The van der Waals surface area contributed by atoms with Crippen LogP contribution in [-0.4, -0.2) is 26.3 Å². The highest BCUT2D eigenvalue weighted by atomic mass is 35.5. The number of urea groups is 1. The molecule has 0 heterocycles. The fourth-order valence-electron chi connectivity index (χ4n) is 2.04. The molecule has 2 amide bonds. The van der Waals surface area contributed by atoms with Crippen LogP contribution >= 0.6 is 11.6 Å². The number of rotatable bonds is 5. The van der Waals surface area contributed by atoms with E-state index >= 15 is 0 Å². The fraction of sp³-hybridized carbons (Fsp3) is 0.500. The van der Waals surface area contributed by atoms with Gasteiger partial charge in [-0.15, -0.1) is 0 Å². The van der Waals surface area contributed by atoms with Gasteiger partial charge >= 0.3 is 6.03 Å². The normalized spacial score (nSPS) is 15.4. The van der Waals surface area contributed by atoms with Gasteiger partial charge in [-0.05, 0) is 31.7 Å². The van der Waals surface area contributed by atoms with Crippen molar-refractivity contribution in [3.05, 3.63) is 17.2 Å². The second kappa shape index (κ2) is 6.22. The van der Waals surface area contributed by atoms with Gasteiger partial charge in [0.1, 0.15) is 11.5 Å². The molecule has 0 saturated heterocycles. The molecular formula is C14H19ClN2O3. The van der Waals surface area contributed by atoms with E-state index in [0.717, 1.165) is 0 Å². The number of anilines is 1. The van der Waals surface area contributed by atoms with Gasteiger partial charge < -0.3 is 20.1 Å². The molecule has 0 bridgehead atoms. The summed E-state index contributed by atoms with van der Waals surface area (Å²) < 4.78 is 10.3. The van der Waals surface area contributed by atoms with Crippen LogP contribution in [0.15, 0.2) is 12.1 Å². The van der Waals surface area contributed by atoms with E-state index in [1.807, 2.05) is 6.92 Å². The highest BCUT2D eigenvalue weighted by Crippen LogP contribution is 2.36. The first-order chi connectivity index (χ1) is 9.55. The minimum Gasteiger partial charge on any atom is -0.495 e. The second-order valence-electron chi connectivity index (χ2n) is 4.91. The number of hydrogen-bond donors (Lipinski definition) is 2. The molecule has 2 rings (SSSR count). The molecule has 1 unspecified atom stereocenters. The lowest BCUT2D eigenvalue weighted by Gasteiger charge is -2.16. The summed E-state index contributed by atoms with van der Waals surface area (Å²) in [5.74, 6) is 1.60. The number of ether oxygens (including phenoxy) is 2. The van der Waals surface area contributed by atoms with Crippen LogP contribution in [0.3, 0.4) is 0 Å². The van der Waals surface area contributed by atoms with E-state index in [4.69, 9.17) is 21.1 Å². The zero-order valence-electron chi connectivity index (χ0n) is 11.8. The first-order valence-electron chi connectivity index (χ1n) is 6.54. The summed E-state index contributed by atoms with van der Waals surface area (Å²) >= 11 is 6.06. The molecule has 1 atom stereocenters. The van der Waals surface area contributed by atoms with Crippen molar-refractivity contribution in [3.8, 4) is 11.5 Å². The summed E-state index contributed by atoms with van der Waals surface area (Å²) in [4.78, 5) is 11.9. The molecular weight excluding hydrogens is 280 g/mol. The Kier molecular flexibility index (Phi) is 4.60. The van der Waals surface area contributed by atoms with E-state index in [-0.39, 0.29) is 12.1 Å². The SMILES string of the molecule is COc1cc(OC)c(NC(=O)NC(C)C2CC2)cc1Cl. The van der Waals surface area contributed by atoms with Gasteiger partial charge in [-0.3, -0.25) is 0 Å². The Bertz CT molecular complexity index is 503. The molecule has 0 aliphatic heterocycles. The lowest BCUT2D eigenvalue weighted by molar-refractivity contribution is 0.248. The Morgan fingerprint density at radius 3 is 2.50 bits per heavy atom. The number of halogens is 1. The molecule has 1 saturated carbocycles. The summed E-state index contributed by atoms with van der Waals surface area (Å²) in [6.45, 7) is 2.01. The Morgan fingerprint density at radius 1 is 1.30 bits per heavy atom. The van der Waals surface area contributed by atoms with Gasteiger partial charge in [-0.1, -0.05) is 11.6 Å². The number of carbonyl (C=O) groups excluding carboxylic acids is 1. The van der Waals surface area contributed by atoms with Crippen molar-refractivity contribution in [2.24, 2.45) is 5.92 Å². The molecule has 6 heteroatoms. The maximum atomic E-state index is 11.9. The molecule has 1 aromatic rings. The van der Waals surface area contributed by atoms with Crippen LogP contribution in [0.5, 0.6) is 11.5 Å². The van der Waals surface area contributed by atoms with Crippen molar-refractivity contribution in [2.45, 2.75) is 25.8 Å². The van der Waals surface area contributed by atoms with Crippen molar-refractivity contribution in [2.75, 3.05) is 19.5 Å². The van der Waals surface area contributed by atoms with Gasteiger partial charge in [0.05, 0.1) is 24.9 Å². The molecule has 1 aliphatic rings. The zero-order chi connectivity index (χ0) is 14.7. The lowest BCUT2D eigenvalue weighted by atomic mass is 10.2. The molecule has 0 radical (unpaired) electrons. The number of benzene rings is 1. The van der Waals surface area contributed by atoms with E-state index in [1.165, 1.54) is 27.1 Å². The van der Waals surface area contributed by atoms with E-state index in [2.05, 4.69) is 10.6 Å². The third-order valence-electron chi connectivity index (χ3n) is 3.41. The quantitative estimate of drug-likeness (QED) is 0.877. The molecule has 1 aromatic carbocycles. The predicted molar refractivity (Wildman–Crippen MR) is 78.9 cm³/mol. The molecule has 110 valence electrons. The minimum absolute atomic E-state index is 0.176. The monoisotopic (exact) mass is 298 g/mol. The maximum Gasteiger partial charge on any atom is 0.319 e. The standard InChI is InChI=1S/C14H19ClN2O3/c1-8(9-4-5-9)16-14(18)17-11-6-10(15)12(19-2)7-13(11)20-3/h6-9H,4-5H2,1-3H3,(H2,16,17,18). The average Bonchev–Trinajstić information content (AvgIpc) is 3.23. The average molecular weight is 299 g/mol. The van der Waals surface area contributed by atoms with Crippen LogP contribution in [0, 0.1) is 5.92 Å². The molecule has 20 heavy (non-hydrogen) atoms. The molecule has 0 aromatic heterocycles. The van der Waals surface area contributed by atoms with Crippen LogP contribution in [0.25, 0.3) is 0 Å². The first kappa shape index (κ1) is 14.8. The Morgan fingerprint density at radius 2 is 1.95 bits per heavy atom. The first-order valence-corrected chi connectivity index (χ1v) is 6.92. The number of nitrogens with one attached hydrogen (secondary N) is 2. The fourth-order valence-corrected chi connectivity index (χ4v) is 2.28. The Labute approximate surface area is 123 Å². The summed E-state index contributed by atoms with van der Waals surface area (Å²) in [6, 6.07) is 3.17. The van der Waals surface area contributed by atoms with E-state index < -0.39 is 0 Å². The Hall–Kier alpha value is -1.62. The summed E-state index contributed by atoms with van der Waals surface area (Å²) in [6.07, 6.45) is 2.36. The second-order valence-corrected chi connectivity index (χ2v) is 5.32. The van der Waals surface area contributed by atoms with Crippen LogP contribution < -0.4 is 20.1 Å². The van der Waals surface area contributed by atoms with Gasteiger partial charge in [-0.25, -0.2) is 4.79 Å². The molecule has 0 spiro atoms. The lowest BCUT2D eigenvalue weighted by Crippen LogP contribution is -2.37. The van der Waals surface area contributed by atoms with Crippen LogP contribution in [-0.2, 0) is 0 Å². The topological polar surface area (TPSA) is 59.6 Å². The largest absolute Gasteiger partial charge is 0.495 e. The van der Waals surface area contributed by atoms with Crippen molar-refractivity contribution < 1.29 is 14.3 Å². The summed E-state index contributed by atoms with van der Waals surface area (Å²) in [7, 11) is 3.05. The van der Waals surface area contributed by atoms with Crippen molar-refractivity contribution in [1.29, 1.82) is 0 Å². The van der Waals surface area contributed by atoms with Gasteiger partial charge in [0.25, 0.3) is 0 Å². The highest BCUT2D eigenvalue weighted by Gasteiger charge is 2.29. The summed E-state index contributed by atoms with van der Waals surface area (Å²) in [5.41, 5.74) is 0.513. The Balaban J connectivity index is 2.07. The predicted octanol–water partition coefficient (Wildman–Crippen LogP) is 3.28. The third kappa shape index (κ3) is 3.48. The van der Waals surface area contributed by atoms with Crippen LogP contribution in [0.1, 0.15) is 19.8 Å². The smallest absolute Gasteiger partial charge is 0.319 e. The number of methoxy groups -OCH3 is 2. The van der Waals surface area contributed by atoms with Gasteiger partial charge in [0, 0.05) is 12.1 Å². The van der Waals surface area contributed by atoms with Gasteiger partial charge in [0.15, 0.2) is 0 Å². The maximum absolute atomic E-state index is 11.9. The van der Waals surface area contributed by atoms with Gasteiger partial charge in [0.2, 0.25) is 0 Å². The summed E-state index contributed by atoms with van der Waals surface area (Å²) in [5, 5.41) is 6.08. The molecule has 5 nitrogen and oxygen atoms in total. The highest BCUT2D eigenvalue weighted by molar-refractivity contribution is 6.32. The molecule has 2 N–H and O–H groups in total. The van der Waals surface area contributed by atoms with E-state index in [9.17, 15) is 4.79 Å². The van der Waals surface area contributed by atoms with Crippen molar-refractivity contribution >= 4 is 23.3 Å². The third-order valence-corrected chi connectivity index (χ3v) is 3.71. The number of carbonyl (C=O) groups is 1. The number of amides is 2. The van der Waals surface area contributed by atoms with E-state index in [0.29, 0.717) is 28.1 Å². The molecule has 1 fully saturated rings. The zero-order valence-corrected chi connectivity index (χ0v) is 12.6. The van der Waals surface area contributed by atoms with Crippen molar-refractivity contribution in [1.82, 2.24) is 5.32 Å². The van der Waals surface area contributed by atoms with E-state index in [1.54, 1.807) is 12.1 Å². The van der Waals surface area contributed by atoms with Crippen LogP contribution in [0.4, 0.5) is 10.5 Å². The van der Waals surface area contributed by atoms with Gasteiger partial charge in [-0.2, -0.15) is 0 Å². The number of hydrogen-bond acceptors (Lipinski definition) is 3. The van der Waals surface area contributed by atoms with Crippen molar-refractivity contribution in [3.63, 3.8) is 0 Å². The van der Waals surface area contributed by atoms with Crippen LogP contribution in [0.2, 0.25) is 5.02 Å². The minimum atomic E-state index is -0.260. The molecule has 1 aliphatic carbocycles.